The van der Waals surface area contributed by atoms with Crippen molar-refractivity contribution >= 4 is 20.8 Å². The second-order valence-corrected chi connectivity index (χ2v) is 2.69. The molecule has 0 atom stereocenters. The number of rotatable bonds is 0. The van der Waals surface area contributed by atoms with E-state index in [0.717, 1.165) is 0 Å². The summed E-state index contributed by atoms with van der Waals surface area (Å²) in [6.07, 6.45) is 0. The van der Waals surface area contributed by atoms with Gasteiger partial charge in [-0.25, -0.2) is 0 Å². The molecule has 9 nitrogen and oxygen atoms in total. The van der Waals surface area contributed by atoms with Gasteiger partial charge in [0.1, 0.15) is 0 Å². The fourth-order valence-corrected chi connectivity index (χ4v) is 0. The molecule has 0 saturated heterocycles. The first kappa shape index (κ1) is 29.7. The molecule has 0 radical (unpaired) electrons. The van der Waals surface area contributed by atoms with Crippen molar-refractivity contribution in [1.29, 1.82) is 0 Å². The Labute approximate surface area is 163 Å². The van der Waals surface area contributed by atoms with Crippen LogP contribution < -0.4 is 103 Å². The minimum atomic E-state index is -4.67. The van der Waals surface area contributed by atoms with Crippen LogP contribution in [-0.2, 0) is 20.8 Å². The van der Waals surface area contributed by atoms with Crippen LogP contribution in [-0.4, -0.2) is 40.5 Å². The van der Waals surface area contributed by atoms with Crippen LogP contribution >= 0.6 is 0 Å². The molecule has 0 aromatic rings. The van der Waals surface area contributed by atoms with Crippen LogP contribution in [0, 0.1) is 0 Å². The van der Waals surface area contributed by atoms with Crippen molar-refractivity contribution < 1.29 is 146 Å². The second-order valence-electron chi connectivity index (χ2n) is 0.896. The molecule has 0 heterocycles. The first-order chi connectivity index (χ1) is 4.00. The zero-order valence-corrected chi connectivity index (χ0v) is 14.6. The van der Waals surface area contributed by atoms with Crippen LogP contribution in [0.2, 0.25) is 0 Å². The molecule has 13 heavy (non-hydrogen) atoms. The van der Waals surface area contributed by atoms with Crippen molar-refractivity contribution in [2.45, 2.75) is 0 Å². The topological polar surface area (TPSA) is 181 Å². The van der Waals surface area contributed by atoms with Crippen molar-refractivity contribution in [2.75, 3.05) is 0 Å². The smallest absolute Gasteiger partial charge is 1.00 e. The molecule has 0 aromatic carbocycles. The van der Waals surface area contributed by atoms with Crippen LogP contribution in [0.15, 0.2) is 0 Å². The van der Waals surface area contributed by atoms with Gasteiger partial charge in [-0.05, 0) is 0 Å². The van der Waals surface area contributed by atoms with Crippen molar-refractivity contribution in [2.24, 2.45) is 0 Å². The van der Waals surface area contributed by atoms with Gasteiger partial charge in [-0.1, -0.05) is 0 Å². The van der Waals surface area contributed by atoms with Crippen molar-refractivity contribution in [3.8, 4) is 0 Å². The Morgan fingerprint density at radius 2 is 0.692 bits per heavy atom. The fourth-order valence-electron chi connectivity index (χ4n) is 0. The molecule has 0 unspecified atom stereocenters. The van der Waals surface area contributed by atoms with Gasteiger partial charge in [0.05, 0.1) is 0 Å². The molecule has 0 saturated carbocycles. The van der Waals surface area contributed by atoms with E-state index in [1.54, 1.807) is 0 Å². The molecule has 0 fully saturated rings. The van der Waals surface area contributed by atoms with Gasteiger partial charge in [-0.3, -0.25) is 18.2 Å². The normalized spacial score (nSPS) is 8.92. The molecular weight excluding hydrogens is 286 g/mol. The zero-order valence-electron chi connectivity index (χ0n) is 8.74. The Morgan fingerprint density at radius 1 is 0.692 bits per heavy atom. The van der Waals surface area contributed by atoms with Crippen molar-refractivity contribution in [1.82, 2.24) is 0 Å². The van der Waals surface area contributed by atoms with E-state index in [4.69, 9.17) is 35.0 Å². The van der Waals surface area contributed by atoms with Gasteiger partial charge in [0, 0.05) is 0 Å². The van der Waals surface area contributed by atoms with Gasteiger partial charge >= 0.3 is 124 Å². The molecule has 6 N–H and O–H groups in total. The first-order valence-electron chi connectivity index (χ1n) is 1.40. The van der Waals surface area contributed by atoms with Crippen molar-refractivity contribution in [3.05, 3.63) is 0 Å². The molecule has 0 aliphatic heterocycles. The summed E-state index contributed by atoms with van der Waals surface area (Å²) in [5, 5.41) is 0. The minimum Gasteiger partial charge on any atom is -1.00 e. The third-order valence-electron chi connectivity index (χ3n) is 0. The van der Waals surface area contributed by atoms with Crippen molar-refractivity contribution in [3.63, 3.8) is 0 Å². The maximum atomic E-state index is 8.74. The predicted molar refractivity (Wildman–Crippen MR) is 34.2 cm³/mol. The summed E-state index contributed by atoms with van der Waals surface area (Å²) >= 11 is 0. The van der Waals surface area contributed by atoms with E-state index in [2.05, 4.69) is 0 Å². The molecule has 0 spiro atoms. The van der Waals surface area contributed by atoms with Crippen LogP contribution in [0.4, 0.5) is 0 Å². The predicted octanol–water partition coefficient (Wildman–Crippen LogP) is -7.90. The van der Waals surface area contributed by atoms with E-state index in [9.17, 15) is 0 Å². The zero-order chi connectivity index (χ0) is 9.00. The Bertz CT molecular complexity index is 220. The van der Waals surface area contributed by atoms with Gasteiger partial charge in [-0.2, -0.15) is 16.8 Å². The number of hydrogen-bond donors (Lipinski definition) is 4. The number of hydrogen-bond acceptors (Lipinski definition) is 4. The fraction of sp³-hybridized carbons (Fsp3) is 0. The summed E-state index contributed by atoms with van der Waals surface area (Å²) in [5.74, 6) is 0. The summed E-state index contributed by atoms with van der Waals surface area (Å²) in [6, 6.07) is 0. The molecule has 76 valence electrons. The molecular formula is H8K2O9S2. The summed E-state index contributed by atoms with van der Waals surface area (Å²) in [4.78, 5) is 0. The van der Waals surface area contributed by atoms with E-state index >= 15 is 0 Å². The Kier molecular flexibility index (Phi) is 29.8. The van der Waals surface area contributed by atoms with Gasteiger partial charge in [0.2, 0.25) is 0 Å². The Morgan fingerprint density at radius 3 is 0.692 bits per heavy atom. The second kappa shape index (κ2) is 13.0. The maximum absolute atomic E-state index is 8.74. The van der Waals surface area contributed by atoms with E-state index < -0.39 is 20.8 Å². The molecule has 0 amide bonds. The van der Waals surface area contributed by atoms with Gasteiger partial charge in [-0.15, -0.1) is 0 Å². The standard InChI is InChI=1S/2K.2H2O4S.H2O.2H/c;;2*1-5(2,3)4;;;/h;;2*(H2,1,2,3,4);1H2;;/q2*+1;;;;2*-1. The molecule has 0 rings (SSSR count). The largest absolute Gasteiger partial charge is 1.00 e. The molecule has 0 aromatic heterocycles. The summed E-state index contributed by atoms with van der Waals surface area (Å²) < 4.78 is 63.2. The van der Waals surface area contributed by atoms with E-state index in [-0.39, 0.29) is 111 Å². The average molecular weight is 294 g/mol. The van der Waals surface area contributed by atoms with Gasteiger partial charge < -0.3 is 8.33 Å². The summed E-state index contributed by atoms with van der Waals surface area (Å²) in [6.45, 7) is 0. The minimum absolute atomic E-state index is 0. The summed E-state index contributed by atoms with van der Waals surface area (Å²) in [7, 11) is -9.33. The van der Waals surface area contributed by atoms with Gasteiger partial charge in [0.15, 0.2) is 0 Å². The monoisotopic (exact) mass is 294 g/mol. The summed E-state index contributed by atoms with van der Waals surface area (Å²) in [5.41, 5.74) is 0. The Balaban J connectivity index is -0.0000000128. The quantitative estimate of drug-likeness (QED) is 0.251. The first-order valence-corrected chi connectivity index (χ1v) is 4.19. The molecule has 0 aliphatic rings. The van der Waals surface area contributed by atoms with Crippen LogP contribution in [0.3, 0.4) is 0 Å². The van der Waals surface area contributed by atoms with Crippen LogP contribution in [0.1, 0.15) is 2.85 Å². The molecule has 13 heteroatoms. The maximum Gasteiger partial charge on any atom is 1.00 e. The SMILES string of the molecule is O.O=S(=O)(O)O.O=S(=O)(O)O.[H-].[H-].[K+].[K+]. The third-order valence-corrected chi connectivity index (χ3v) is 0. The van der Waals surface area contributed by atoms with Crippen LogP contribution in [0.25, 0.3) is 0 Å². The van der Waals surface area contributed by atoms with E-state index in [0.29, 0.717) is 0 Å². The van der Waals surface area contributed by atoms with E-state index in [1.165, 1.54) is 0 Å². The molecule has 0 bridgehead atoms. The molecule has 0 aliphatic carbocycles. The third kappa shape index (κ3) is 285. The Hall–Kier alpha value is 2.97. The average Bonchev–Trinajstić information content (AvgIpc) is 1.12. The van der Waals surface area contributed by atoms with Gasteiger partial charge in [0.25, 0.3) is 0 Å². The van der Waals surface area contributed by atoms with Crippen LogP contribution in [0.5, 0.6) is 0 Å². The van der Waals surface area contributed by atoms with E-state index in [1.807, 2.05) is 0 Å².